The van der Waals surface area contributed by atoms with Gasteiger partial charge in [0.1, 0.15) is 5.75 Å². The molecular weight excluding hydrogens is 274 g/mol. The zero-order chi connectivity index (χ0) is 12.1. The maximum Gasteiger partial charge on any atom is 0.308 e. The molecule has 1 atom stereocenters. The molecule has 4 nitrogen and oxygen atoms in total. The number of methoxy groups -OCH3 is 1. The molecule has 2 N–H and O–H groups in total. The number of nitrogens with one attached hydrogen (secondary N) is 1. The molecule has 0 saturated heterocycles. The van der Waals surface area contributed by atoms with Crippen LogP contribution in [-0.4, -0.2) is 24.7 Å². The van der Waals surface area contributed by atoms with E-state index in [9.17, 15) is 4.79 Å². The van der Waals surface area contributed by atoms with Crippen molar-refractivity contribution in [3.63, 3.8) is 0 Å². The van der Waals surface area contributed by atoms with E-state index in [2.05, 4.69) is 21.2 Å². The lowest BCUT2D eigenvalue weighted by molar-refractivity contribution is -0.140. The molecule has 0 aliphatic carbocycles. The normalized spacial score (nSPS) is 11.9. The first-order chi connectivity index (χ1) is 7.54. The summed E-state index contributed by atoms with van der Waals surface area (Å²) in [5.74, 6) is -0.474. The number of carboxylic acids is 1. The number of benzene rings is 1. The minimum absolute atomic E-state index is 0.397. The third-order valence-electron chi connectivity index (χ3n) is 2.19. The fourth-order valence-corrected chi connectivity index (χ4v) is 1.68. The second-order valence-corrected chi connectivity index (χ2v) is 4.32. The van der Waals surface area contributed by atoms with Crippen molar-refractivity contribution in [2.45, 2.75) is 6.92 Å². The zero-order valence-corrected chi connectivity index (χ0v) is 10.7. The van der Waals surface area contributed by atoms with Crippen LogP contribution in [0.1, 0.15) is 6.92 Å². The molecule has 0 aromatic heterocycles. The van der Waals surface area contributed by atoms with E-state index in [4.69, 9.17) is 9.84 Å². The van der Waals surface area contributed by atoms with Crippen LogP contribution in [0.5, 0.6) is 5.75 Å². The number of halogens is 1. The predicted molar refractivity (Wildman–Crippen MR) is 66.0 cm³/mol. The van der Waals surface area contributed by atoms with Gasteiger partial charge < -0.3 is 15.2 Å². The molecule has 88 valence electrons. The van der Waals surface area contributed by atoms with E-state index in [1.807, 2.05) is 18.2 Å². The van der Waals surface area contributed by atoms with Gasteiger partial charge in [0.05, 0.1) is 17.5 Å². The standard InChI is InChI=1S/C11H14BrNO3/c1-7(11(14)15)6-13-8-3-4-10(16-2)9(12)5-8/h3-5,7,13H,6H2,1-2H3,(H,14,15). The molecule has 0 heterocycles. The molecule has 0 bridgehead atoms. The monoisotopic (exact) mass is 287 g/mol. The Hall–Kier alpha value is -1.23. The van der Waals surface area contributed by atoms with Gasteiger partial charge in [-0.3, -0.25) is 4.79 Å². The largest absolute Gasteiger partial charge is 0.496 e. The Kier molecular flexibility index (Phi) is 4.61. The van der Waals surface area contributed by atoms with Crippen LogP contribution >= 0.6 is 15.9 Å². The molecule has 0 fully saturated rings. The number of anilines is 1. The number of hydrogen-bond donors (Lipinski definition) is 2. The summed E-state index contributed by atoms with van der Waals surface area (Å²) in [4.78, 5) is 10.6. The summed E-state index contributed by atoms with van der Waals surface area (Å²) < 4.78 is 5.93. The summed E-state index contributed by atoms with van der Waals surface area (Å²) in [5, 5.41) is 11.8. The van der Waals surface area contributed by atoms with Crippen LogP contribution in [0.3, 0.4) is 0 Å². The predicted octanol–water partition coefficient (Wildman–Crippen LogP) is 2.59. The Labute approximate surface area is 103 Å². The summed E-state index contributed by atoms with van der Waals surface area (Å²) in [6, 6.07) is 5.52. The zero-order valence-electron chi connectivity index (χ0n) is 9.16. The molecule has 5 heteroatoms. The molecule has 0 radical (unpaired) electrons. The number of aliphatic carboxylic acids is 1. The molecular formula is C11H14BrNO3. The number of hydrogen-bond acceptors (Lipinski definition) is 3. The molecule has 1 aromatic carbocycles. The van der Waals surface area contributed by atoms with Gasteiger partial charge >= 0.3 is 5.97 Å². The molecule has 16 heavy (non-hydrogen) atoms. The van der Waals surface area contributed by atoms with Gasteiger partial charge in [-0.1, -0.05) is 6.92 Å². The summed E-state index contributed by atoms with van der Waals surface area (Å²) in [6.45, 7) is 2.06. The minimum atomic E-state index is -0.805. The fourth-order valence-electron chi connectivity index (χ4n) is 1.13. The third-order valence-corrected chi connectivity index (χ3v) is 2.81. The minimum Gasteiger partial charge on any atom is -0.496 e. The van der Waals surface area contributed by atoms with Gasteiger partial charge in [-0.05, 0) is 34.1 Å². The first-order valence-electron chi connectivity index (χ1n) is 4.84. The first-order valence-corrected chi connectivity index (χ1v) is 5.64. The topological polar surface area (TPSA) is 58.6 Å². The van der Waals surface area contributed by atoms with Gasteiger partial charge in [-0.15, -0.1) is 0 Å². The molecule has 1 unspecified atom stereocenters. The van der Waals surface area contributed by atoms with Crippen molar-refractivity contribution < 1.29 is 14.6 Å². The maximum absolute atomic E-state index is 10.6. The van der Waals surface area contributed by atoms with Crippen LogP contribution in [0.2, 0.25) is 0 Å². The van der Waals surface area contributed by atoms with Crippen LogP contribution in [-0.2, 0) is 4.79 Å². The van der Waals surface area contributed by atoms with Crippen molar-refractivity contribution in [3.05, 3.63) is 22.7 Å². The van der Waals surface area contributed by atoms with Gasteiger partial charge in [-0.25, -0.2) is 0 Å². The van der Waals surface area contributed by atoms with Crippen molar-refractivity contribution in [2.75, 3.05) is 19.0 Å². The highest BCUT2D eigenvalue weighted by Gasteiger charge is 2.10. The lowest BCUT2D eigenvalue weighted by Gasteiger charge is -2.11. The van der Waals surface area contributed by atoms with E-state index in [0.717, 1.165) is 15.9 Å². The van der Waals surface area contributed by atoms with Gasteiger partial charge in [0, 0.05) is 12.2 Å². The van der Waals surface area contributed by atoms with E-state index in [1.54, 1.807) is 14.0 Å². The van der Waals surface area contributed by atoms with Crippen molar-refractivity contribution in [1.82, 2.24) is 0 Å². The third kappa shape index (κ3) is 3.41. The Bertz CT molecular complexity index is 381. The number of rotatable bonds is 5. The Balaban J connectivity index is 2.62. The van der Waals surface area contributed by atoms with Crippen LogP contribution in [0.25, 0.3) is 0 Å². The molecule has 1 rings (SSSR count). The molecule has 0 aliphatic heterocycles. The van der Waals surface area contributed by atoms with Crippen molar-refractivity contribution in [1.29, 1.82) is 0 Å². The summed E-state index contributed by atoms with van der Waals surface area (Å²) in [6.07, 6.45) is 0. The molecule has 0 aliphatic rings. The van der Waals surface area contributed by atoms with Crippen LogP contribution in [0.15, 0.2) is 22.7 Å². The number of ether oxygens (including phenoxy) is 1. The highest BCUT2D eigenvalue weighted by atomic mass is 79.9. The molecule has 0 saturated carbocycles. The summed E-state index contributed by atoms with van der Waals surface area (Å²) in [7, 11) is 1.60. The molecule has 0 amide bonds. The molecule has 1 aromatic rings. The summed E-state index contributed by atoms with van der Waals surface area (Å²) >= 11 is 3.36. The van der Waals surface area contributed by atoms with Crippen LogP contribution in [0, 0.1) is 5.92 Å². The van der Waals surface area contributed by atoms with E-state index in [1.165, 1.54) is 0 Å². The van der Waals surface area contributed by atoms with E-state index in [-0.39, 0.29) is 0 Å². The van der Waals surface area contributed by atoms with Crippen molar-refractivity contribution in [3.8, 4) is 5.75 Å². The maximum atomic E-state index is 10.6. The molecule has 0 spiro atoms. The smallest absolute Gasteiger partial charge is 0.308 e. The second-order valence-electron chi connectivity index (χ2n) is 3.47. The highest BCUT2D eigenvalue weighted by Crippen LogP contribution is 2.27. The van der Waals surface area contributed by atoms with E-state index >= 15 is 0 Å². The first kappa shape index (κ1) is 12.8. The van der Waals surface area contributed by atoms with Gasteiger partial charge in [-0.2, -0.15) is 0 Å². The van der Waals surface area contributed by atoms with E-state index in [0.29, 0.717) is 6.54 Å². The van der Waals surface area contributed by atoms with Crippen molar-refractivity contribution in [2.24, 2.45) is 5.92 Å². The highest BCUT2D eigenvalue weighted by molar-refractivity contribution is 9.10. The van der Waals surface area contributed by atoms with E-state index < -0.39 is 11.9 Å². The van der Waals surface area contributed by atoms with Gasteiger partial charge in [0.2, 0.25) is 0 Å². The van der Waals surface area contributed by atoms with Crippen LogP contribution < -0.4 is 10.1 Å². The quantitative estimate of drug-likeness (QED) is 0.874. The Morgan fingerprint density at radius 2 is 2.31 bits per heavy atom. The van der Waals surface area contributed by atoms with Crippen molar-refractivity contribution >= 4 is 27.6 Å². The summed E-state index contributed by atoms with van der Waals surface area (Å²) in [5.41, 5.74) is 0.862. The number of carboxylic acid groups (broad SMARTS) is 1. The lowest BCUT2D eigenvalue weighted by atomic mass is 10.2. The van der Waals surface area contributed by atoms with Gasteiger partial charge in [0.15, 0.2) is 0 Å². The average molecular weight is 288 g/mol. The average Bonchev–Trinajstić information content (AvgIpc) is 2.25. The second kappa shape index (κ2) is 5.75. The lowest BCUT2D eigenvalue weighted by Crippen LogP contribution is -2.19. The number of carbonyl (C=O) groups is 1. The van der Waals surface area contributed by atoms with Crippen LogP contribution in [0.4, 0.5) is 5.69 Å². The Morgan fingerprint density at radius 3 is 2.81 bits per heavy atom. The SMILES string of the molecule is COc1ccc(NCC(C)C(=O)O)cc1Br. The fraction of sp³-hybridized carbons (Fsp3) is 0.364. The van der Waals surface area contributed by atoms with Gasteiger partial charge in [0.25, 0.3) is 0 Å². The Morgan fingerprint density at radius 1 is 1.62 bits per heavy atom.